The molecule has 0 aliphatic heterocycles. The Morgan fingerprint density at radius 2 is 1.56 bits per heavy atom. The van der Waals surface area contributed by atoms with Crippen molar-refractivity contribution in [3.8, 4) is 0 Å². The summed E-state index contributed by atoms with van der Waals surface area (Å²) < 4.78 is 0. The van der Waals surface area contributed by atoms with Crippen LogP contribution < -0.4 is 0 Å². The molecule has 0 saturated carbocycles. The van der Waals surface area contributed by atoms with Gasteiger partial charge >= 0.3 is 26.3 Å². The van der Waals surface area contributed by atoms with Crippen LogP contribution in [0.5, 0.6) is 0 Å². The Bertz CT molecular complexity index is 972. The summed E-state index contributed by atoms with van der Waals surface area (Å²) in [4.78, 5) is 3.17. The number of rotatable bonds is 9. The maximum Gasteiger partial charge on any atom is 2.00 e. The van der Waals surface area contributed by atoms with Crippen molar-refractivity contribution >= 4 is 11.4 Å². The van der Waals surface area contributed by atoms with Crippen LogP contribution in [0.15, 0.2) is 71.8 Å². The zero-order chi connectivity index (χ0) is 21.1. The molecule has 0 N–H and O–H groups in total. The van der Waals surface area contributed by atoms with Gasteiger partial charge in [-0.05, 0) is 60.4 Å². The van der Waals surface area contributed by atoms with Crippen molar-refractivity contribution in [2.75, 3.05) is 0 Å². The molecular formula is C29H38N2Pd. The Balaban J connectivity index is 0. The van der Waals surface area contributed by atoms with Gasteiger partial charge in [-0.3, -0.25) is 0 Å². The van der Waals surface area contributed by atoms with Gasteiger partial charge in [0.15, 0.2) is 0 Å². The van der Waals surface area contributed by atoms with Gasteiger partial charge in [-0.2, -0.15) is 0 Å². The second-order valence-electron chi connectivity index (χ2n) is 7.29. The molecule has 0 atom stereocenters. The molecule has 0 unspecified atom stereocenters. The van der Waals surface area contributed by atoms with Gasteiger partial charge in [0.25, 0.3) is 0 Å². The minimum Gasteiger partial charge on any atom is -0.358 e. The second kappa shape index (κ2) is 17.3. The SMILES string of the molecule is CCC=CC(C(C)=C=[N+]=[N-])=C(c1cccc(CC)c1)c1cccc(CCCC)c1.[CH3-].[CH3-].[Pd+2]. The van der Waals surface area contributed by atoms with Crippen molar-refractivity contribution in [1.29, 1.82) is 0 Å². The second-order valence-corrected chi connectivity index (χ2v) is 7.29. The molecule has 2 aromatic carbocycles. The summed E-state index contributed by atoms with van der Waals surface area (Å²) in [5, 5.41) is 0. The van der Waals surface area contributed by atoms with Crippen molar-refractivity contribution < 1.29 is 25.2 Å². The van der Waals surface area contributed by atoms with Gasteiger partial charge in [-0.25, -0.2) is 0 Å². The summed E-state index contributed by atoms with van der Waals surface area (Å²) in [6.07, 6.45) is 9.65. The number of unbranched alkanes of at least 4 members (excludes halogenated alkanes) is 1. The molecular weight excluding hydrogens is 483 g/mol. The van der Waals surface area contributed by atoms with E-state index in [4.69, 9.17) is 5.53 Å². The number of allylic oxidation sites excluding steroid dienone is 4. The van der Waals surface area contributed by atoms with Crippen LogP contribution in [0, 0.1) is 14.9 Å². The van der Waals surface area contributed by atoms with Gasteiger partial charge in [0.2, 0.25) is 0 Å². The Morgan fingerprint density at radius 1 is 0.969 bits per heavy atom. The average Bonchev–Trinajstić information content (AvgIpc) is 2.75. The zero-order valence-corrected chi connectivity index (χ0v) is 22.1. The maximum absolute atomic E-state index is 9.10. The van der Waals surface area contributed by atoms with Gasteiger partial charge in [-0.15, -0.1) is 4.79 Å². The van der Waals surface area contributed by atoms with E-state index in [0.29, 0.717) is 0 Å². The number of aryl methyl sites for hydroxylation is 2. The molecule has 0 heterocycles. The number of hydrogen-bond donors (Lipinski definition) is 0. The largest absolute Gasteiger partial charge is 2.00 e. The first kappa shape index (κ1) is 31.9. The average molecular weight is 521 g/mol. The molecule has 2 nitrogen and oxygen atoms in total. The van der Waals surface area contributed by atoms with Crippen molar-refractivity contribution in [3.63, 3.8) is 0 Å². The number of benzene rings is 2. The number of nitrogens with zero attached hydrogens (tertiary/aromatic N) is 2. The van der Waals surface area contributed by atoms with Crippen LogP contribution in [-0.4, -0.2) is 10.7 Å². The van der Waals surface area contributed by atoms with E-state index in [0.717, 1.165) is 36.0 Å². The zero-order valence-electron chi connectivity index (χ0n) is 20.5. The molecule has 0 aliphatic rings. The molecule has 0 saturated heterocycles. The van der Waals surface area contributed by atoms with Gasteiger partial charge in [0.1, 0.15) is 0 Å². The molecule has 0 radical (unpaired) electrons. The van der Waals surface area contributed by atoms with Crippen LogP contribution in [0.1, 0.15) is 69.2 Å². The predicted molar refractivity (Wildman–Crippen MR) is 137 cm³/mol. The van der Waals surface area contributed by atoms with E-state index in [9.17, 15) is 0 Å². The van der Waals surface area contributed by atoms with Crippen molar-refractivity contribution in [2.45, 2.75) is 59.8 Å². The quantitative estimate of drug-likeness (QED) is 0.0799. The van der Waals surface area contributed by atoms with E-state index in [1.165, 1.54) is 35.1 Å². The maximum atomic E-state index is 9.10. The summed E-state index contributed by atoms with van der Waals surface area (Å²) in [5.41, 5.74) is 17.1. The third kappa shape index (κ3) is 9.08. The minimum atomic E-state index is 0. The van der Waals surface area contributed by atoms with Gasteiger partial charge in [0.05, 0.1) is 5.57 Å². The summed E-state index contributed by atoms with van der Waals surface area (Å²) in [6, 6.07) is 17.5. The summed E-state index contributed by atoms with van der Waals surface area (Å²) in [7, 11) is 0. The molecule has 0 bridgehead atoms. The van der Waals surface area contributed by atoms with E-state index in [2.05, 4.69) is 92.1 Å². The normalized spacial score (nSPS) is 10.6. The molecule has 0 amide bonds. The molecule has 0 fully saturated rings. The number of hydrogen-bond acceptors (Lipinski definition) is 0. The standard InChI is InChI=1S/C27H32N2.2CH3.Pd/c1-5-8-12-23-14-11-16-25(19-23)27(24-15-10-13-22(7-3)18-24)26(17-9-6-2)21(4)20-29-28;;;/h9-11,13-19H,5-8,12H2,1-4H3;2*1H3;/q;2*-1;+2. The van der Waals surface area contributed by atoms with Gasteiger partial charge < -0.3 is 20.4 Å². The van der Waals surface area contributed by atoms with Gasteiger partial charge in [0, 0.05) is 5.57 Å². The monoisotopic (exact) mass is 520 g/mol. The smallest absolute Gasteiger partial charge is 0.358 e. The first-order chi connectivity index (χ1) is 14.1. The Kier molecular flexibility index (Phi) is 17.3. The van der Waals surface area contributed by atoms with E-state index < -0.39 is 0 Å². The molecule has 3 heteroatoms. The molecule has 0 aromatic heterocycles. The van der Waals surface area contributed by atoms with E-state index >= 15 is 0 Å². The molecule has 2 rings (SSSR count). The Morgan fingerprint density at radius 3 is 2.09 bits per heavy atom. The van der Waals surface area contributed by atoms with Crippen LogP contribution in [0.2, 0.25) is 0 Å². The third-order valence-electron chi connectivity index (χ3n) is 5.07. The van der Waals surface area contributed by atoms with Crippen LogP contribution >= 0.6 is 0 Å². The predicted octanol–water partition coefficient (Wildman–Crippen LogP) is 8.10. The molecule has 174 valence electrons. The van der Waals surface area contributed by atoms with Crippen LogP contribution in [0.3, 0.4) is 0 Å². The van der Waals surface area contributed by atoms with Crippen molar-refractivity contribution in [1.82, 2.24) is 0 Å². The summed E-state index contributed by atoms with van der Waals surface area (Å²) in [6.45, 7) is 8.46. The van der Waals surface area contributed by atoms with E-state index in [-0.39, 0.29) is 35.3 Å². The van der Waals surface area contributed by atoms with Crippen LogP contribution in [0.25, 0.3) is 11.1 Å². The topological polar surface area (TPSA) is 36.4 Å². The Hall–Kier alpha value is -2.26. The van der Waals surface area contributed by atoms with Crippen molar-refractivity contribution in [2.24, 2.45) is 0 Å². The Labute approximate surface area is 210 Å². The summed E-state index contributed by atoms with van der Waals surface area (Å²) >= 11 is 0. The third-order valence-corrected chi connectivity index (χ3v) is 5.07. The van der Waals surface area contributed by atoms with Gasteiger partial charge in [-0.1, -0.05) is 87.9 Å². The molecule has 2 aromatic rings. The fraction of sp³-hybridized carbons (Fsp3) is 0.310. The first-order valence-corrected chi connectivity index (χ1v) is 10.7. The fourth-order valence-electron chi connectivity index (χ4n) is 3.45. The molecule has 0 spiro atoms. The minimum absolute atomic E-state index is 0. The molecule has 32 heavy (non-hydrogen) atoms. The van der Waals surface area contributed by atoms with Crippen LogP contribution in [0.4, 0.5) is 0 Å². The first-order valence-electron chi connectivity index (χ1n) is 10.7. The summed E-state index contributed by atoms with van der Waals surface area (Å²) in [5.74, 6) is 2.74. The molecule has 0 aliphatic carbocycles. The van der Waals surface area contributed by atoms with E-state index in [1.54, 1.807) is 0 Å². The van der Waals surface area contributed by atoms with E-state index in [1.807, 2.05) is 6.92 Å². The fourth-order valence-corrected chi connectivity index (χ4v) is 3.45. The van der Waals surface area contributed by atoms with Crippen LogP contribution in [-0.2, 0) is 33.3 Å². The van der Waals surface area contributed by atoms with Crippen molar-refractivity contribution in [3.05, 3.63) is 114 Å².